The topological polar surface area (TPSA) is 54.1 Å². The summed E-state index contributed by atoms with van der Waals surface area (Å²) in [5.41, 5.74) is 1.87. The number of thiazole rings is 1. The number of methoxy groups -OCH3 is 1. The summed E-state index contributed by atoms with van der Waals surface area (Å²) in [5.74, 6) is 0.797. The maximum absolute atomic E-state index is 11.0. The monoisotopic (exact) mass is 284 g/mol. The smallest absolute Gasteiger partial charge is 0.304 e. The number of aromatic nitrogens is 1. The van der Waals surface area contributed by atoms with Gasteiger partial charge < -0.3 is 15.0 Å². The van der Waals surface area contributed by atoms with Crippen LogP contribution in [0.15, 0.2) is 28.4 Å². The van der Waals surface area contributed by atoms with E-state index in [0.29, 0.717) is 18.1 Å². The lowest BCUT2D eigenvalue weighted by molar-refractivity contribution is 0.407. The average Bonchev–Trinajstić information content (AvgIpc) is 2.75. The SMILES string of the molecule is COc1ccc(Cl)cc1CNCc1csc(=O)[nH]1. The fraction of sp³-hybridized carbons (Fsp3) is 0.250. The molecule has 2 N–H and O–H groups in total. The molecule has 2 aromatic rings. The standard InChI is InChI=1S/C12H13ClN2O2S/c1-17-11-3-2-9(13)4-8(11)5-14-6-10-7-18-12(16)15-10/h2-4,7,14H,5-6H2,1H3,(H,15,16). The first kappa shape index (κ1) is 13.1. The van der Waals surface area contributed by atoms with Crippen molar-refractivity contribution in [3.8, 4) is 5.75 Å². The van der Waals surface area contributed by atoms with Gasteiger partial charge in [0, 0.05) is 34.7 Å². The predicted octanol–water partition coefficient (Wildman–Crippen LogP) is 2.39. The molecule has 0 spiro atoms. The zero-order valence-corrected chi connectivity index (χ0v) is 11.4. The minimum atomic E-state index is -0.0351. The van der Waals surface area contributed by atoms with Crippen LogP contribution in [0, 0.1) is 0 Å². The quantitative estimate of drug-likeness (QED) is 0.886. The lowest BCUT2D eigenvalue weighted by atomic mass is 10.2. The van der Waals surface area contributed by atoms with Crippen molar-refractivity contribution >= 4 is 22.9 Å². The maximum atomic E-state index is 11.0. The Morgan fingerprint density at radius 3 is 2.94 bits per heavy atom. The molecular formula is C12H13ClN2O2S. The van der Waals surface area contributed by atoms with Crippen molar-refractivity contribution < 1.29 is 4.74 Å². The van der Waals surface area contributed by atoms with Crippen molar-refractivity contribution in [2.45, 2.75) is 13.1 Å². The van der Waals surface area contributed by atoms with E-state index in [4.69, 9.17) is 16.3 Å². The van der Waals surface area contributed by atoms with Gasteiger partial charge in [-0.1, -0.05) is 22.9 Å². The van der Waals surface area contributed by atoms with Crippen LogP contribution in [-0.2, 0) is 13.1 Å². The summed E-state index contributed by atoms with van der Waals surface area (Å²) in [4.78, 5) is 13.7. The number of ether oxygens (including phenoxy) is 1. The summed E-state index contributed by atoms with van der Waals surface area (Å²) in [6, 6.07) is 5.50. The number of benzene rings is 1. The third kappa shape index (κ3) is 3.35. The van der Waals surface area contributed by atoms with E-state index in [-0.39, 0.29) is 4.87 Å². The van der Waals surface area contributed by atoms with Gasteiger partial charge in [-0.15, -0.1) is 0 Å². The summed E-state index contributed by atoms with van der Waals surface area (Å²) in [7, 11) is 1.63. The Balaban J connectivity index is 1.97. The Hall–Kier alpha value is -1.30. The molecule has 4 nitrogen and oxygen atoms in total. The van der Waals surface area contributed by atoms with Gasteiger partial charge in [0.2, 0.25) is 0 Å². The minimum Gasteiger partial charge on any atom is -0.496 e. The molecule has 0 atom stereocenters. The average molecular weight is 285 g/mol. The molecule has 0 bridgehead atoms. The van der Waals surface area contributed by atoms with Crippen LogP contribution in [0.2, 0.25) is 5.02 Å². The third-order valence-electron chi connectivity index (χ3n) is 2.44. The highest BCUT2D eigenvalue weighted by Crippen LogP contribution is 2.22. The third-order valence-corrected chi connectivity index (χ3v) is 3.40. The molecule has 0 radical (unpaired) electrons. The second-order valence-electron chi connectivity index (χ2n) is 3.73. The number of hydrogen-bond acceptors (Lipinski definition) is 4. The molecular weight excluding hydrogens is 272 g/mol. The van der Waals surface area contributed by atoms with Crippen LogP contribution in [0.3, 0.4) is 0 Å². The Morgan fingerprint density at radius 1 is 1.44 bits per heavy atom. The fourth-order valence-corrected chi connectivity index (χ4v) is 2.39. The molecule has 1 aromatic carbocycles. The zero-order valence-electron chi connectivity index (χ0n) is 9.83. The van der Waals surface area contributed by atoms with Crippen LogP contribution in [0.4, 0.5) is 0 Å². The zero-order chi connectivity index (χ0) is 13.0. The van der Waals surface area contributed by atoms with E-state index in [2.05, 4.69) is 10.3 Å². The van der Waals surface area contributed by atoms with E-state index in [1.54, 1.807) is 13.2 Å². The molecule has 0 saturated carbocycles. The Bertz CT molecular complexity index is 579. The summed E-state index contributed by atoms with van der Waals surface area (Å²) in [6.45, 7) is 1.23. The van der Waals surface area contributed by atoms with Gasteiger partial charge in [0.15, 0.2) is 0 Å². The number of aromatic amines is 1. The summed E-state index contributed by atoms with van der Waals surface area (Å²) in [5, 5.41) is 5.72. The molecule has 0 amide bonds. The molecule has 0 aliphatic heterocycles. The van der Waals surface area contributed by atoms with Crippen LogP contribution in [0.25, 0.3) is 0 Å². The van der Waals surface area contributed by atoms with Gasteiger partial charge in [-0.25, -0.2) is 0 Å². The minimum absolute atomic E-state index is 0.0351. The molecule has 0 fully saturated rings. The van der Waals surface area contributed by atoms with Gasteiger partial charge in [0.1, 0.15) is 5.75 Å². The van der Waals surface area contributed by atoms with Crippen molar-refractivity contribution in [1.82, 2.24) is 10.3 Å². The number of H-pyrrole nitrogens is 1. The molecule has 18 heavy (non-hydrogen) atoms. The van der Waals surface area contributed by atoms with E-state index in [1.807, 2.05) is 17.5 Å². The lowest BCUT2D eigenvalue weighted by Crippen LogP contribution is -2.14. The molecule has 0 saturated heterocycles. The molecule has 1 heterocycles. The predicted molar refractivity (Wildman–Crippen MR) is 73.5 cm³/mol. The largest absolute Gasteiger partial charge is 0.496 e. The van der Waals surface area contributed by atoms with Gasteiger partial charge in [-0.05, 0) is 18.2 Å². The van der Waals surface area contributed by atoms with Crippen molar-refractivity contribution in [3.63, 3.8) is 0 Å². The van der Waals surface area contributed by atoms with Crippen molar-refractivity contribution in [2.75, 3.05) is 7.11 Å². The lowest BCUT2D eigenvalue weighted by Gasteiger charge is -2.09. The van der Waals surface area contributed by atoms with Gasteiger partial charge >= 0.3 is 4.87 Å². The first-order valence-electron chi connectivity index (χ1n) is 5.39. The molecule has 0 aliphatic rings. The van der Waals surface area contributed by atoms with Gasteiger partial charge in [-0.3, -0.25) is 4.79 Å². The normalized spacial score (nSPS) is 10.6. The summed E-state index contributed by atoms with van der Waals surface area (Å²) < 4.78 is 5.25. The van der Waals surface area contributed by atoms with E-state index in [0.717, 1.165) is 28.3 Å². The Labute approximate surface area is 114 Å². The first-order valence-corrected chi connectivity index (χ1v) is 6.64. The number of hydrogen-bond donors (Lipinski definition) is 2. The van der Waals surface area contributed by atoms with Crippen molar-refractivity contribution in [2.24, 2.45) is 0 Å². The van der Waals surface area contributed by atoms with Crippen LogP contribution in [-0.4, -0.2) is 12.1 Å². The first-order chi connectivity index (χ1) is 8.69. The highest BCUT2D eigenvalue weighted by atomic mass is 35.5. The summed E-state index contributed by atoms with van der Waals surface area (Å²) >= 11 is 7.11. The molecule has 1 aromatic heterocycles. The molecule has 96 valence electrons. The van der Waals surface area contributed by atoms with Gasteiger partial charge in [0.05, 0.1) is 7.11 Å². The van der Waals surface area contributed by atoms with Crippen LogP contribution < -0.4 is 14.9 Å². The maximum Gasteiger partial charge on any atom is 0.304 e. The molecule has 6 heteroatoms. The highest BCUT2D eigenvalue weighted by Gasteiger charge is 2.04. The van der Waals surface area contributed by atoms with E-state index in [9.17, 15) is 4.79 Å². The van der Waals surface area contributed by atoms with Crippen molar-refractivity contribution in [1.29, 1.82) is 0 Å². The second-order valence-corrected chi connectivity index (χ2v) is 5.01. The second kappa shape index (κ2) is 6.04. The van der Waals surface area contributed by atoms with E-state index >= 15 is 0 Å². The van der Waals surface area contributed by atoms with Crippen LogP contribution in [0.5, 0.6) is 5.75 Å². The Kier molecular flexibility index (Phi) is 4.41. The molecule has 0 aliphatic carbocycles. The van der Waals surface area contributed by atoms with Crippen LogP contribution in [0.1, 0.15) is 11.3 Å². The van der Waals surface area contributed by atoms with E-state index in [1.165, 1.54) is 0 Å². The fourth-order valence-electron chi connectivity index (χ4n) is 1.62. The molecule has 0 unspecified atom stereocenters. The van der Waals surface area contributed by atoms with Gasteiger partial charge in [-0.2, -0.15) is 0 Å². The number of rotatable bonds is 5. The number of nitrogens with one attached hydrogen (secondary N) is 2. The Morgan fingerprint density at radius 2 is 2.28 bits per heavy atom. The summed E-state index contributed by atoms with van der Waals surface area (Å²) in [6.07, 6.45) is 0. The molecule has 2 rings (SSSR count). The van der Waals surface area contributed by atoms with Crippen LogP contribution >= 0.6 is 22.9 Å². The van der Waals surface area contributed by atoms with Crippen molar-refractivity contribution in [3.05, 3.63) is 49.5 Å². The highest BCUT2D eigenvalue weighted by molar-refractivity contribution is 7.07. The number of halogens is 1. The van der Waals surface area contributed by atoms with E-state index < -0.39 is 0 Å². The van der Waals surface area contributed by atoms with Gasteiger partial charge in [0.25, 0.3) is 0 Å².